The molecule has 0 aliphatic heterocycles. The van der Waals surface area contributed by atoms with Gasteiger partial charge >= 0.3 is 19.8 Å². The zero-order valence-electron chi connectivity index (χ0n) is 49.8. The Morgan fingerprint density at radius 3 is 1.01 bits per heavy atom. The Morgan fingerprint density at radius 2 is 0.693 bits per heavy atom. The molecule has 0 aromatic rings. The standard InChI is InChI=1S/C65H126NO8P/c1-3-5-7-9-11-13-15-17-19-21-23-25-26-27-28-29-30-31-32-33-34-35-36-38-39-41-43-45-47-49-51-53-55-57-64(67)71-61-63(62-73-75(69,70)72-60-59-66)74-65(68)58-56-54-52-50-48-46-44-42-40-37-24-22-20-18-16-14-12-10-8-6-4-2/h16,18,22,24,63H,3-15,17,19-21,23,25-62,66H2,1-2H3,(H,69,70)/b18-16-,24-22-. The van der Waals surface area contributed by atoms with E-state index in [1.54, 1.807) is 0 Å². The summed E-state index contributed by atoms with van der Waals surface area (Å²) >= 11 is 0. The zero-order chi connectivity index (χ0) is 54.5. The van der Waals surface area contributed by atoms with Crippen LogP contribution in [0.1, 0.15) is 348 Å². The van der Waals surface area contributed by atoms with E-state index in [1.165, 1.54) is 263 Å². The van der Waals surface area contributed by atoms with E-state index in [-0.39, 0.29) is 38.6 Å². The van der Waals surface area contributed by atoms with Gasteiger partial charge in [-0.25, -0.2) is 4.57 Å². The van der Waals surface area contributed by atoms with Crippen molar-refractivity contribution in [3.05, 3.63) is 24.3 Å². The summed E-state index contributed by atoms with van der Waals surface area (Å²) in [6.07, 6.45) is 74.1. The van der Waals surface area contributed by atoms with Crippen molar-refractivity contribution >= 4 is 19.8 Å². The summed E-state index contributed by atoms with van der Waals surface area (Å²) < 4.78 is 33.1. The molecule has 0 aliphatic carbocycles. The molecule has 0 amide bonds. The molecule has 0 bridgehead atoms. The Kier molecular flexibility index (Phi) is 60.5. The highest BCUT2D eigenvalue weighted by Gasteiger charge is 2.26. The fourth-order valence-electron chi connectivity index (χ4n) is 9.97. The third-order valence-electron chi connectivity index (χ3n) is 14.8. The Bertz CT molecular complexity index is 1280. The summed E-state index contributed by atoms with van der Waals surface area (Å²) in [5.74, 6) is -0.813. The monoisotopic (exact) mass is 1080 g/mol. The van der Waals surface area contributed by atoms with Gasteiger partial charge in [-0.2, -0.15) is 0 Å². The zero-order valence-corrected chi connectivity index (χ0v) is 50.7. The number of phosphoric acid groups is 1. The lowest BCUT2D eigenvalue weighted by molar-refractivity contribution is -0.161. The molecule has 0 saturated carbocycles. The van der Waals surface area contributed by atoms with Gasteiger partial charge in [0, 0.05) is 19.4 Å². The molecule has 75 heavy (non-hydrogen) atoms. The minimum absolute atomic E-state index is 0.0549. The van der Waals surface area contributed by atoms with E-state index in [0.29, 0.717) is 6.42 Å². The average Bonchev–Trinajstić information content (AvgIpc) is 3.40. The van der Waals surface area contributed by atoms with Crippen LogP contribution in [0.15, 0.2) is 24.3 Å². The minimum Gasteiger partial charge on any atom is -0.462 e. The summed E-state index contributed by atoms with van der Waals surface area (Å²) in [4.78, 5) is 35.3. The lowest BCUT2D eigenvalue weighted by atomic mass is 10.0. The summed E-state index contributed by atoms with van der Waals surface area (Å²) in [5.41, 5.74) is 5.39. The number of unbranched alkanes of at least 4 members (excludes halogenated alkanes) is 46. The molecule has 0 aliphatic rings. The van der Waals surface area contributed by atoms with E-state index in [0.717, 1.165) is 51.4 Å². The van der Waals surface area contributed by atoms with Crippen LogP contribution in [0.2, 0.25) is 0 Å². The number of hydrogen-bond acceptors (Lipinski definition) is 8. The quantitative estimate of drug-likeness (QED) is 0.0264. The number of rotatable bonds is 63. The smallest absolute Gasteiger partial charge is 0.462 e. The van der Waals surface area contributed by atoms with Crippen LogP contribution >= 0.6 is 7.82 Å². The average molecular weight is 1080 g/mol. The lowest BCUT2D eigenvalue weighted by Crippen LogP contribution is -2.29. The molecule has 2 atom stereocenters. The van der Waals surface area contributed by atoms with E-state index >= 15 is 0 Å². The van der Waals surface area contributed by atoms with Crippen LogP contribution in [-0.2, 0) is 32.7 Å². The summed E-state index contributed by atoms with van der Waals surface area (Å²) in [6.45, 7) is 3.80. The van der Waals surface area contributed by atoms with E-state index in [4.69, 9.17) is 24.3 Å². The van der Waals surface area contributed by atoms with Crippen molar-refractivity contribution in [3.8, 4) is 0 Å². The third-order valence-corrected chi connectivity index (χ3v) is 15.8. The first kappa shape index (κ1) is 73.5. The number of ether oxygens (including phenoxy) is 2. The SMILES string of the molecule is CCCCCCC/C=C\C/C=C\CCCCCCCCCCCC(=O)OC(COC(=O)CCCCCCCCCCCCCCCCCCCCCCCCCCCCCCCCCCC)COP(=O)(O)OCCN. The summed E-state index contributed by atoms with van der Waals surface area (Å²) in [6, 6.07) is 0. The first-order chi connectivity index (χ1) is 36.8. The second-order valence-electron chi connectivity index (χ2n) is 22.3. The normalized spacial score (nSPS) is 13.1. The molecule has 0 rings (SSSR count). The highest BCUT2D eigenvalue weighted by atomic mass is 31.2. The molecule has 0 saturated heterocycles. The van der Waals surface area contributed by atoms with Crippen LogP contribution in [0.4, 0.5) is 0 Å². The van der Waals surface area contributed by atoms with E-state index in [1.807, 2.05) is 0 Å². The summed E-state index contributed by atoms with van der Waals surface area (Å²) in [5, 5.41) is 0. The van der Waals surface area contributed by atoms with Crippen LogP contribution in [-0.4, -0.2) is 49.3 Å². The fourth-order valence-corrected chi connectivity index (χ4v) is 10.7. The lowest BCUT2D eigenvalue weighted by Gasteiger charge is -2.19. The van der Waals surface area contributed by atoms with Crippen LogP contribution in [0, 0.1) is 0 Å². The molecule has 0 radical (unpaired) electrons. The van der Waals surface area contributed by atoms with Gasteiger partial charge in [-0.1, -0.05) is 314 Å². The predicted octanol–water partition coefficient (Wildman–Crippen LogP) is 21.0. The van der Waals surface area contributed by atoms with Gasteiger partial charge in [0.05, 0.1) is 13.2 Å². The van der Waals surface area contributed by atoms with Crippen LogP contribution in [0.3, 0.4) is 0 Å². The maximum Gasteiger partial charge on any atom is 0.472 e. The van der Waals surface area contributed by atoms with Gasteiger partial charge in [-0.05, 0) is 44.9 Å². The van der Waals surface area contributed by atoms with Crippen molar-refractivity contribution < 1.29 is 37.6 Å². The van der Waals surface area contributed by atoms with Crippen LogP contribution in [0.5, 0.6) is 0 Å². The van der Waals surface area contributed by atoms with E-state index in [9.17, 15) is 19.0 Å². The molecule has 9 nitrogen and oxygen atoms in total. The van der Waals surface area contributed by atoms with Crippen molar-refractivity contribution in [1.29, 1.82) is 0 Å². The van der Waals surface area contributed by atoms with Crippen molar-refractivity contribution in [2.75, 3.05) is 26.4 Å². The van der Waals surface area contributed by atoms with Crippen LogP contribution in [0.25, 0.3) is 0 Å². The van der Waals surface area contributed by atoms with Gasteiger partial charge in [0.25, 0.3) is 0 Å². The van der Waals surface area contributed by atoms with Crippen LogP contribution < -0.4 is 5.73 Å². The van der Waals surface area contributed by atoms with Gasteiger partial charge in [0.15, 0.2) is 6.10 Å². The third kappa shape index (κ3) is 61.6. The Morgan fingerprint density at radius 1 is 0.400 bits per heavy atom. The molecule has 0 aromatic carbocycles. The fraction of sp³-hybridized carbons (Fsp3) is 0.908. The topological polar surface area (TPSA) is 134 Å². The largest absolute Gasteiger partial charge is 0.472 e. The number of nitrogens with two attached hydrogens (primary N) is 1. The van der Waals surface area contributed by atoms with Gasteiger partial charge in [0.1, 0.15) is 6.61 Å². The maximum atomic E-state index is 12.7. The molecule has 3 N–H and O–H groups in total. The minimum atomic E-state index is -4.39. The first-order valence-electron chi connectivity index (χ1n) is 32.8. The van der Waals surface area contributed by atoms with Crippen molar-refractivity contribution in [2.24, 2.45) is 5.73 Å². The van der Waals surface area contributed by atoms with Gasteiger partial charge < -0.3 is 20.1 Å². The molecular formula is C65H126NO8P. The second kappa shape index (κ2) is 61.7. The predicted molar refractivity (Wildman–Crippen MR) is 321 cm³/mol. The molecule has 0 heterocycles. The number of allylic oxidation sites excluding steroid dienone is 4. The Hall–Kier alpha value is -1.51. The molecule has 2 unspecified atom stereocenters. The highest BCUT2D eigenvalue weighted by Crippen LogP contribution is 2.43. The number of phosphoric ester groups is 1. The van der Waals surface area contributed by atoms with Crippen molar-refractivity contribution in [1.82, 2.24) is 0 Å². The Balaban J connectivity index is 3.82. The van der Waals surface area contributed by atoms with Crippen molar-refractivity contribution in [3.63, 3.8) is 0 Å². The molecule has 10 heteroatoms. The van der Waals surface area contributed by atoms with Gasteiger partial charge in [0.2, 0.25) is 0 Å². The van der Waals surface area contributed by atoms with Gasteiger partial charge in [-0.3, -0.25) is 18.6 Å². The van der Waals surface area contributed by atoms with Crippen molar-refractivity contribution in [2.45, 2.75) is 354 Å². The second-order valence-corrected chi connectivity index (χ2v) is 23.8. The molecule has 0 fully saturated rings. The number of esters is 2. The molecule has 444 valence electrons. The van der Waals surface area contributed by atoms with E-state index in [2.05, 4.69) is 38.2 Å². The number of carbonyl (C=O) groups excluding carboxylic acids is 2. The summed E-state index contributed by atoms with van der Waals surface area (Å²) in [7, 11) is -4.39. The first-order valence-corrected chi connectivity index (χ1v) is 34.3. The van der Waals surface area contributed by atoms with E-state index < -0.39 is 26.5 Å². The molecular weight excluding hydrogens is 954 g/mol. The molecule has 0 aromatic heterocycles. The maximum absolute atomic E-state index is 12.7. The highest BCUT2D eigenvalue weighted by molar-refractivity contribution is 7.47. The molecule has 0 spiro atoms. The Labute approximate surface area is 465 Å². The number of hydrogen-bond donors (Lipinski definition) is 2. The van der Waals surface area contributed by atoms with Gasteiger partial charge in [-0.15, -0.1) is 0 Å². The number of carbonyl (C=O) groups is 2.